The Hall–Kier alpha value is -2.83. The molecule has 2 atom stereocenters. The molecule has 1 fully saturated rings. The number of benzene rings is 1. The second kappa shape index (κ2) is 5.61. The lowest BCUT2D eigenvalue weighted by Crippen LogP contribution is -2.15. The van der Waals surface area contributed by atoms with E-state index in [1.807, 2.05) is 0 Å². The summed E-state index contributed by atoms with van der Waals surface area (Å²) in [5, 5.41) is 2.57. The van der Waals surface area contributed by atoms with Gasteiger partial charge in [0.1, 0.15) is 23.5 Å². The van der Waals surface area contributed by atoms with Gasteiger partial charge in [0.15, 0.2) is 5.82 Å². The number of rotatable bonds is 3. The number of imidazole rings is 1. The van der Waals surface area contributed by atoms with Crippen LogP contribution < -0.4 is 5.32 Å². The monoisotopic (exact) mass is 345 g/mol. The highest BCUT2D eigenvalue weighted by Gasteiger charge is 2.43. The Labute approximate surface area is 141 Å². The zero-order chi connectivity index (χ0) is 17.7. The van der Waals surface area contributed by atoms with Crippen molar-refractivity contribution in [1.82, 2.24) is 9.38 Å². The third-order valence-electron chi connectivity index (χ3n) is 4.39. The number of carbonyl (C=O) groups is 1. The lowest BCUT2D eigenvalue weighted by molar-refractivity contribution is -0.117. The fourth-order valence-electron chi connectivity index (χ4n) is 2.86. The van der Waals surface area contributed by atoms with Crippen LogP contribution in [0.4, 0.5) is 19.0 Å². The van der Waals surface area contributed by atoms with Gasteiger partial charge in [-0.05, 0) is 43.2 Å². The van der Waals surface area contributed by atoms with Crippen molar-refractivity contribution in [3.8, 4) is 11.1 Å². The molecule has 1 amide bonds. The molecule has 0 radical (unpaired) electrons. The molecule has 1 saturated carbocycles. The van der Waals surface area contributed by atoms with E-state index in [4.69, 9.17) is 0 Å². The summed E-state index contributed by atoms with van der Waals surface area (Å²) in [5.74, 6) is -1.72. The van der Waals surface area contributed by atoms with Crippen LogP contribution in [0.25, 0.3) is 16.8 Å². The molecular formula is C18H14F3N3O. The van der Waals surface area contributed by atoms with E-state index in [1.54, 1.807) is 28.9 Å². The van der Waals surface area contributed by atoms with Gasteiger partial charge >= 0.3 is 0 Å². The summed E-state index contributed by atoms with van der Waals surface area (Å²) in [7, 11) is 0. The summed E-state index contributed by atoms with van der Waals surface area (Å²) in [6.07, 6.45) is 2.32. The average molecular weight is 345 g/mol. The molecule has 25 heavy (non-hydrogen) atoms. The van der Waals surface area contributed by atoms with Crippen LogP contribution in [0.1, 0.15) is 12.0 Å². The van der Waals surface area contributed by atoms with E-state index in [9.17, 15) is 18.0 Å². The number of hydrogen-bond donors (Lipinski definition) is 1. The van der Waals surface area contributed by atoms with E-state index in [0.717, 1.165) is 12.1 Å². The summed E-state index contributed by atoms with van der Waals surface area (Å²) in [4.78, 5) is 16.0. The molecule has 3 aromatic rings. The van der Waals surface area contributed by atoms with Crippen LogP contribution in [-0.4, -0.2) is 21.5 Å². The molecule has 0 spiro atoms. The molecule has 1 aliphatic rings. The highest BCUT2D eigenvalue weighted by atomic mass is 19.1. The third-order valence-corrected chi connectivity index (χ3v) is 4.39. The number of alkyl halides is 1. The molecule has 7 heteroatoms. The Morgan fingerprint density at radius 1 is 1.20 bits per heavy atom. The first-order valence-corrected chi connectivity index (χ1v) is 7.82. The van der Waals surface area contributed by atoms with Crippen LogP contribution in [0.2, 0.25) is 0 Å². The standard InChI is InChI=1S/C18H14F3N3O/c1-9-12(19)3-4-13(20)17(9)10-2-5-16-22-15(8-24(16)7-10)23-18(25)11-6-14(11)21/h2-5,7-8,11,14H,6H2,1H3,(H,23,25)/t11-,14+/m1/s1. The van der Waals surface area contributed by atoms with Crippen molar-refractivity contribution in [2.24, 2.45) is 5.92 Å². The van der Waals surface area contributed by atoms with Crippen molar-refractivity contribution in [2.75, 3.05) is 5.32 Å². The summed E-state index contributed by atoms with van der Waals surface area (Å²) in [5.41, 5.74) is 1.42. The van der Waals surface area contributed by atoms with Gasteiger partial charge in [-0.25, -0.2) is 18.2 Å². The molecule has 0 saturated heterocycles. The first-order chi connectivity index (χ1) is 11.9. The Bertz CT molecular complexity index is 999. The topological polar surface area (TPSA) is 46.4 Å². The van der Waals surface area contributed by atoms with E-state index >= 15 is 0 Å². The molecule has 4 rings (SSSR count). The van der Waals surface area contributed by atoms with Crippen molar-refractivity contribution in [1.29, 1.82) is 0 Å². The number of carbonyl (C=O) groups excluding carboxylic acids is 1. The Balaban J connectivity index is 1.69. The van der Waals surface area contributed by atoms with Crippen LogP contribution >= 0.6 is 0 Å². The summed E-state index contributed by atoms with van der Waals surface area (Å²) < 4.78 is 42.4. The third kappa shape index (κ3) is 2.75. The molecule has 2 aromatic heterocycles. The number of hydrogen-bond acceptors (Lipinski definition) is 2. The highest BCUT2D eigenvalue weighted by Crippen LogP contribution is 2.34. The van der Waals surface area contributed by atoms with E-state index in [1.165, 1.54) is 6.92 Å². The first-order valence-electron chi connectivity index (χ1n) is 7.82. The summed E-state index contributed by atoms with van der Waals surface area (Å²) >= 11 is 0. The predicted octanol–water partition coefficient (Wildman–Crippen LogP) is 3.88. The predicted molar refractivity (Wildman–Crippen MR) is 86.9 cm³/mol. The number of fused-ring (bicyclic) bond motifs is 1. The summed E-state index contributed by atoms with van der Waals surface area (Å²) in [6, 6.07) is 5.46. The molecule has 1 aliphatic carbocycles. The Kier molecular flexibility index (Phi) is 3.52. The van der Waals surface area contributed by atoms with Gasteiger partial charge in [0.2, 0.25) is 5.91 Å². The molecule has 1 aromatic carbocycles. The normalized spacial score (nSPS) is 19.2. The molecule has 1 N–H and O–H groups in total. The first kappa shape index (κ1) is 15.7. The number of aromatic nitrogens is 2. The van der Waals surface area contributed by atoms with Gasteiger partial charge in [-0.15, -0.1) is 0 Å². The smallest absolute Gasteiger partial charge is 0.231 e. The maximum Gasteiger partial charge on any atom is 0.231 e. The van der Waals surface area contributed by atoms with Gasteiger partial charge < -0.3 is 9.72 Å². The zero-order valence-electron chi connectivity index (χ0n) is 13.3. The largest absolute Gasteiger partial charge is 0.309 e. The zero-order valence-corrected chi connectivity index (χ0v) is 13.3. The lowest BCUT2D eigenvalue weighted by atomic mass is 10.0. The van der Waals surface area contributed by atoms with E-state index in [2.05, 4.69) is 10.3 Å². The van der Waals surface area contributed by atoms with E-state index in [-0.39, 0.29) is 23.4 Å². The van der Waals surface area contributed by atoms with Crippen molar-refractivity contribution in [2.45, 2.75) is 19.5 Å². The molecule has 128 valence electrons. The minimum absolute atomic E-state index is 0.180. The van der Waals surface area contributed by atoms with Gasteiger partial charge in [0.25, 0.3) is 0 Å². The molecule has 0 aliphatic heterocycles. The Morgan fingerprint density at radius 2 is 1.92 bits per heavy atom. The van der Waals surface area contributed by atoms with E-state index in [0.29, 0.717) is 11.2 Å². The number of nitrogens with zero attached hydrogens (tertiary/aromatic N) is 2. The van der Waals surface area contributed by atoms with E-state index < -0.39 is 29.6 Å². The summed E-state index contributed by atoms with van der Waals surface area (Å²) in [6.45, 7) is 1.51. The number of anilines is 1. The van der Waals surface area contributed by atoms with Crippen LogP contribution in [0, 0.1) is 24.5 Å². The number of amides is 1. The second-order valence-electron chi connectivity index (χ2n) is 6.19. The minimum Gasteiger partial charge on any atom is -0.309 e. The number of halogens is 3. The quantitative estimate of drug-likeness (QED) is 0.783. The molecule has 2 heterocycles. The van der Waals surface area contributed by atoms with Crippen LogP contribution in [-0.2, 0) is 4.79 Å². The van der Waals surface area contributed by atoms with Gasteiger partial charge in [-0.3, -0.25) is 4.79 Å². The van der Waals surface area contributed by atoms with Gasteiger partial charge in [0.05, 0.1) is 12.1 Å². The van der Waals surface area contributed by atoms with Crippen LogP contribution in [0.15, 0.2) is 36.7 Å². The van der Waals surface area contributed by atoms with Crippen molar-refractivity contribution in [3.05, 3.63) is 53.9 Å². The van der Waals surface area contributed by atoms with Gasteiger partial charge in [-0.2, -0.15) is 0 Å². The lowest BCUT2D eigenvalue weighted by Gasteiger charge is -2.09. The minimum atomic E-state index is -1.08. The number of nitrogens with one attached hydrogen (secondary N) is 1. The van der Waals surface area contributed by atoms with Crippen molar-refractivity contribution < 1.29 is 18.0 Å². The van der Waals surface area contributed by atoms with Crippen molar-refractivity contribution in [3.63, 3.8) is 0 Å². The van der Waals surface area contributed by atoms with Crippen LogP contribution in [0.5, 0.6) is 0 Å². The molecule has 0 bridgehead atoms. The SMILES string of the molecule is Cc1c(F)ccc(F)c1-c1ccc2nc(NC(=O)[C@@H]3C[C@@H]3F)cn2c1. The number of pyridine rings is 1. The maximum absolute atomic E-state index is 14.1. The van der Waals surface area contributed by atoms with Gasteiger partial charge in [0, 0.05) is 17.3 Å². The average Bonchev–Trinajstić information content (AvgIpc) is 3.17. The van der Waals surface area contributed by atoms with Crippen LogP contribution in [0.3, 0.4) is 0 Å². The van der Waals surface area contributed by atoms with Gasteiger partial charge in [-0.1, -0.05) is 0 Å². The second-order valence-corrected chi connectivity index (χ2v) is 6.19. The van der Waals surface area contributed by atoms with Crippen molar-refractivity contribution >= 4 is 17.4 Å². The molecule has 4 nitrogen and oxygen atoms in total. The Morgan fingerprint density at radius 3 is 2.64 bits per heavy atom. The maximum atomic E-state index is 14.1. The highest BCUT2D eigenvalue weighted by molar-refractivity contribution is 5.94. The molecule has 0 unspecified atom stereocenters. The fraction of sp³-hybridized carbons (Fsp3) is 0.222. The molecular weight excluding hydrogens is 331 g/mol. The fourth-order valence-corrected chi connectivity index (χ4v) is 2.86.